The van der Waals surface area contributed by atoms with Crippen LogP contribution in [0.5, 0.6) is 0 Å². The smallest absolute Gasteiger partial charge is 0.315 e. The first-order valence-electron chi connectivity index (χ1n) is 7.54. The van der Waals surface area contributed by atoms with E-state index >= 15 is 0 Å². The van der Waals surface area contributed by atoms with Crippen LogP contribution in [0.2, 0.25) is 0 Å². The SMILES string of the molecule is CCNC(=O)NC1(C(=O)N2CCO[C@@H](C)C2)CCCC1. The second-order valence-corrected chi connectivity index (χ2v) is 5.71. The van der Waals surface area contributed by atoms with Crippen molar-refractivity contribution in [2.75, 3.05) is 26.2 Å². The fraction of sp³-hybridized carbons (Fsp3) is 0.857. The fourth-order valence-electron chi connectivity index (χ4n) is 3.10. The van der Waals surface area contributed by atoms with Crippen molar-refractivity contribution in [3.05, 3.63) is 0 Å². The fourth-order valence-corrected chi connectivity index (χ4v) is 3.10. The number of morpholine rings is 1. The number of hydrogen-bond donors (Lipinski definition) is 2. The monoisotopic (exact) mass is 283 g/mol. The Morgan fingerprint density at radius 2 is 2.05 bits per heavy atom. The van der Waals surface area contributed by atoms with Crippen LogP contribution in [0, 0.1) is 0 Å². The minimum atomic E-state index is -0.712. The maximum Gasteiger partial charge on any atom is 0.315 e. The zero-order valence-corrected chi connectivity index (χ0v) is 12.4. The molecule has 6 heteroatoms. The van der Waals surface area contributed by atoms with E-state index in [9.17, 15) is 9.59 Å². The van der Waals surface area contributed by atoms with E-state index in [2.05, 4.69) is 10.6 Å². The molecule has 0 aromatic carbocycles. The Bertz CT molecular complexity index is 367. The van der Waals surface area contributed by atoms with Crippen LogP contribution >= 0.6 is 0 Å². The Kier molecular flexibility index (Phi) is 4.86. The highest BCUT2D eigenvalue weighted by atomic mass is 16.5. The molecular weight excluding hydrogens is 258 g/mol. The Balaban J connectivity index is 2.06. The number of nitrogens with zero attached hydrogens (tertiary/aromatic N) is 1. The molecule has 0 spiro atoms. The number of urea groups is 1. The van der Waals surface area contributed by atoms with Gasteiger partial charge in [0.25, 0.3) is 0 Å². The summed E-state index contributed by atoms with van der Waals surface area (Å²) in [5.41, 5.74) is -0.712. The predicted octanol–water partition coefficient (Wildman–Crippen LogP) is 0.866. The van der Waals surface area contributed by atoms with Crippen LogP contribution in [0.15, 0.2) is 0 Å². The van der Waals surface area contributed by atoms with Crippen molar-refractivity contribution in [3.8, 4) is 0 Å². The van der Waals surface area contributed by atoms with Crippen molar-refractivity contribution in [2.45, 2.75) is 51.2 Å². The standard InChI is InChI=1S/C14H25N3O3/c1-3-15-13(19)16-14(6-4-5-7-14)12(18)17-8-9-20-11(2)10-17/h11H,3-10H2,1-2H3,(H2,15,16,19)/t11-/m0/s1. The molecule has 0 bridgehead atoms. The number of carbonyl (C=O) groups excluding carboxylic acids is 2. The summed E-state index contributed by atoms with van der Waals surface area (Å²) in [6, 6.07) is -0.246. The largest absolute Gasteiger partial charge is 0.375 e. The van der Waals surface area contributed by atoms with Gasteiger partial charge in [-0.15, -0.1) is 0 Å². The lowest BCUT2D eigenvalue weighted by atomic mass is 9.95. The Hall–Kier alpha value is -1.30. The van der Waals surface area contributed by atoms with Crippen LogP contribution in [0.3, 0.4) is 0 Å². The molecule has 20 heavy (non-hydrogen) atoms. The molecular formula is C14H25N3O3. The highest BCUT2D eigenvalue weighted by Gasteiger charge is 2.45. The van der Waals surface area contributed by atoms with Gasteiger partial charge in [0.1, 0.15) is 5.54 Å². The summed E-state index contributed by atoms with van der Waals surface area (Å²) in [5, 5.41) is 5.64. The zero-order valence-electron chi connectivity index (χ0n) is 12.4. The first kappa shape index (κ1) is 15.1. The number of ether oxygens (including phenoxy) is 1. The molecule has 0 unspecified atom stereocenters. The third-order valence-corrected chi connectivity index (χ3v) is 4.08. The van der Waals surface area contributed by atoms with Gasteiger partial charge < -0.3 is 20.3 Å². The van der Waals surface area contributed by atoms with Crippen LogP contribution in [0.25, 0.3) is 0 Å². The lowest BCUT2D eigenvalue weighted by Crippen LogP contribution is -2.62. The number of amides is 3. The third-order valence-electron chi connectivity index (χ3n) is 4.08. The van der Waals surface area contributed by atoms with E-state index in [1.54, 1.807) is 0 Å². The van der Waals surface area contributed by atoms with Crippen LogP contribution in [-0.4, -0.2) is 54.7 Å². The summed E-state index contributed by atoms with van der Waals surface area (Å²) in [4.78, 5) is 26.5. The maximum atomic E-state index is 12.8. The normalized spacial score (nSPS) is 25.3. The molecule has 2 fully saturated rings. The van der Waals surface area contributed by atoms with Gasteiger partial charge in [0.05, 0.1) is 12.7 Å². The summed E-state index contributed by atoms with van der Waals surface area (Å²) >= 11 is 0. The van der Waals surface area contributed by atoms with Crippen molar-refractivity contribution in [1.82, 2.24) is 15.5 Å². The molecule has 6 nitrogen and oxygen atoms in total. The highest BCUT2D eigenvalue weighted by molar-refractivity contribution is 5.91. The molecule has 1 atom stereocenters. The molecule has 1 saturated heterocycles. The van der Waals surface area contributed by atoms with Gasteiger partial charge in [0.15, 0.2) is 0 Å². The summed E-state index contributed by atoms with van der Waals surface area (Å²) in [6.07, 6.45) is 3.50. The van der Waals surface area contributed by atoms with Gasteiger partial charge in [-0.3, -0.25) is 4.79 Å². The van der Waals surface area contributed by atoms with Crippen molar-refractivity contribution < 1.29 is 14.3 Å². The van der Waals surface area contributed by atoms with Gasteiger partial charge in [0, 0.05) is 19.6 Å². The van der Waals surface area contributed by atoms with E-state index in [4.69, 9.17) is 4.74 Å². The van der Waals surface area contributed by atoms with Gasteiger partial charge in [0.2, 0.25) is 5.91 Å². The number of rotatable bonds is 3. The van der Waals surface area contributed by atoms with Crippen LogP contribution in [0.4, 0.5) is 4.79 Å². The molecule has 114 valence electrons. The summed E-state index contributed by atoms with van der Waals surface area (Å²) < 4.78 is 5.48. The van der Waals surface area contributed by atoms with E-state index in [0.29, 0.717) is 26.2 Å². The molecule has 3 amide bonds. The van der Waals surface area contributed by atoms with Crippen LogP contribution in [-0.2, 0) is 9.53 Å². The van der Waals surface area contributed by atoms with Gasteiger partial charge in [-0.05, 0) is 26.7 Å². The van der Waals surface area contributed by atoms with Gasteiger partial charge >= 0.3 is 6.03 Å². The Labute approximate surface area is 120 Å². The van der Waals surface area contributed by atoms with E-state index in [1.165, 1.54) is 0 Å². The van der Waals surface area contributed by atoms with Crippen molar-refractivity contribution in [2.24, 2.45) is 0 Å². The van der Waals surface area contributed by atoms with E-state index < -0.39 is 5.54 Å². The lowest BCUT2D eigenvalue weighted by Gasteiger charge is -2.38. The molecule has 1 saturated carbocycles. The van der Waals surface area contributed by atoms with Gasteiger partial charge in [-0.25, -0.2) is 4.79 Å². The minimum absolute atomic E-state index is 0.0522. The third kappa shape index (κ3) is 3.23. The summed E-state index contributed by atoms with van der Waals surface area (Å²) in [7, 11) is 0. The first-order chi connectivity index (χ1) is 9.57. The second-order valence-electron chi connectivity index (χ2n) is 5.71. The number of nitrogens with one attached hydrogen (secondary N) is 2. The Morgan fingerprint density at radius 1 is 1.35 bits per heavy atom. The Morgan fingerprint density at radius 3 is 2.65 bits per heavy atom. The second kappa shape index (κ2) is 6.43. The van der Waals surface area contributed by atoms with Crippen LogP contribution < -0.4 is 10.6 Å². The molecule has 2 N–H and O–H groups in total. The van der Waals surface area contributed by atoms with Crippen LogP contribution in [0.1, 0.15) is 39.5 Å². The van der Waals surface area contributed by atoms with Gasteiger partial charge in [-0.1, -0.05) is 12.8 Å². The van der Waals surface area contributed by atoms with Crippen molar-refractivity contribution >= 4 is 11.9 Å². The highest BCUT2D eigenvalue weighted by Crippen LogP contribution is 2.32. The molecule has 2 aliphatic rings. The summed E-state index contributed by atoms with van der Waals surface area (Å²) in [6.45, 7) is 6.19. The van der Waals surface area contributed by atoms with Crippen molar-refractivity contribution in [1.29, 1.82) is 0 Å². The molecule has 1 aliphatic carbocycles. The zero-order chi connectivity index (χ0) is 14.6. The van der Waals surface area contributed by atoms with Crippen molar-refractivity contribution in [3.63, 3.8) is 0 Å². The maximum absolute atomic E-state index is 12.8. The molecule has 0 aromatic heterocycles. The lowest BCUT2D eigenvalue weighted by molar-refractivity contribution is -0.144. The summed E-state index contributed by atoms with van der Waals surface area (Å²) in [5.74, 6) is 0.0522. The topological polar surface area (TPSA) is 70.7 Å². The quantitative estimate of drug-likeness (QED) is 0.807. The van der Waals surface area contributed by atoms with E-state index in [-0.39, 0.29) is 18.0 Å². The minimum Gasteiger partial charge on any atom is -0.375 e. The molecule has 2 rings (SSSR count). The average molecular weight is 283 g/mol. The molecule has 0 radical (unpaired) electrons. The van der Waals surface area contributed by atoms with E-state index in [1.807, 2.05) is 18.7 Å². The number of carbonyl (C=O) groups is 2. The predicted molar refractivity (Wildman–Crippen MR) is 75.4 cm³/mol. The first-order valence-corrected chi connectivity index (χ1v) is 7.54. The van der Waals surface area contributed by atoms with E-state index in [0.717, 1.165) is 25.7 Å². The molecule has 1 heterocycles. The number of hydrogen-bond acceptors (Lipinski definition) is 3. The molecule has 0 aromatic rings. The molecule has 1 aliphatic heterocycles. The average Bonchev–Trinajstić information content (AvgIpc) is 2.87. The van der Waals surface area contributed by atoms with Gasteiger partial charge in [-0.2, -0.15) is 0 Å².